The summed E-state index contributed by atoms with van der Waals surface area (Å²) in [6, 6.07) is 16.8. The zero-order valence-electron chi connectivity index (χ0n) is 21.4. The minimum absolute atomic E-state index is 0.188. The Hall–Kier alpha value is -3.35. The van der Waals surface area contributed by atoms with E-state index < -0.39 is 28.5 Å². The Morgan fingerprint density at radius 3 is 2.14 bits per heavy atom. The van der Waals surface area contributed by atoms with E-state index in [0.717, 1.165) is 11.1 Å². The van der Waals surface area contributed by atoms with Crippen molar-refractivity contribution >= 4 is 17.8 Å². The van der Waals surface area contributed by atoms with Gasteiger partial charge in [0.1, 0.15) is 11.4 Å². The highest BCUT2D eigenvalue weighted by atomic mass is 16.6. The van der Waals surface area contributed by atoms with Crippen LogP contribution < -0.4 is 4.74 Å². The van der Waals surface area contributed by atoms with Gasteiger partial charge in [-0.3, -0.25) is 9.59 Å². The Bertz CT molecular complexity index is 1060. The second kappa shape index (κ2) is 10.1. The van der Waals surface area contributed by atoms with Crippen molar-refractivity contribution in [3.63, 3.8) is 0 Å². The van der Waals surface area contributed by atoms with Gasteiger partial charge in [0.25, 0.3) is 0 Å². The summed E-state index contributed by atoms with van der Waals surface area (Å²) < 4.78 is 16.3. The third-order valence-electron chi connectivity index (χ3n) is 6.43. The summed E-state index contributed by atoms with van der Waals surface area (Å²) >= 11 is 0. The molecule has 1 heterocycles. The number of carbonyl (C=O) groups is 3. The van der Waals surface area contributed by atoms with Crippen molar-refractivity contribution in [1.29, 1.82) is 0 Å². The van der Waals surface area contributed by atoms with Gasteiger partial charge in [-0.2, -0.15) is 0 Å². The van der Waals surface area contributed by atoms with E-state index in [9.17, 15) is 14.4 Å². The molecule has 2 aromatic rings. The number of β-lactam (4-membered cyclic amide) rings is 1. The van der Waals surface area contributed by atoms with Crippen molar-refractivity contribution in [2.45, 2.75) is 65.1 Å². The molecule has 7 nitrogen and oxygen atoms in total. The van der Waals surface area contributed by atoms with Crippen molar-refractivity contribution in [3.8, 4) is 5.75 Å². The first kappa shape index (κ1) is 26.3. The SMILES string of the molecule is CCOC(=O)CC1(C)C(=O)N(Cc2ccc(OC)cc2)[C@]1(Cc1ccccc1)C(=O)OC(C)(C)C. The number of nitrogens with zero attached hydrogens (tertiary/aromatic N) is 1. The fraction of sp³-hybridized carbons (Fsp3) is 0.464. The normalized spacial score (nSPS) is 21.8. The quantitative estimate of drug-likeness (QED) is 0.392. The lowest BCUT2D eigenvalue weighted by molar-refractivity contribution is -0.217. The number of hydrogen-bond acceptors (Lipinski definition) is 6. The van der Waals surface area contributed by atoms with E-state index in [0.29, 0.717) is 5.75 Å². The fourth-order valence-electron chi connectivity index (χ4n) is 4.69. The van der Waals surface area contributed by atoms with Gasteiger partial charge in [0.05, 0.1) is 25.6 Å². The van der Waals surface area contributed by atoms with Crippen molar-refractivity contribution in [2.24, 2.45) is 5.41 Å². The molecule has 1 unspecified atom stereocenters. The van der Waals surface area contributed by atoms with Crippen LogP contribution in [0.5, 0.6) is 5.75 Å². The van der Waals surface area contributed by atoms with Crippen LogP contribution in [0.15, 0.2) is 54.6 Å². The lowest BCUT2D eigenvalue weighted by atomic mass is 9.56. The summed E-state index contributed by atoms with van der Waals surface area (Å²) in [5.41, 5.74) is -1.82. The Morgan fingerprint density at radius 2 is 1.60 bits per heavy atom. The second-order valence-electron chi connectivity index (χ2n) is 10.1. The molecule has 0 bridgehead atoms. The van der Waals surface area contributed by atoms with Gasteiger partial charge in [-0.25, -0.2) is 4.79 Å². The number of carbonyl (C=O) groups excluding carboxylic acids is 3. The van der Waals surface area contributed by atoms with Crippen molar-refractivity contribution in [2.75, 3.05) is 13.7 Å². The Labute approximate surface area is 207 Å². The van der Waals surface area contributed by atoms with Crippen molar-refractivity contribution in [3.05, 3.63) is 65.7 Å². The summed E-state index contributed by atoms with van der Waals surface area (Å²) in [6.45, 7) is 9.13. The fourth-order valence-corrected chi connectivity index (χ4v) is 4.69. The van der Waals surface area contributed by atoms with Crippen LogP contribution in [0.2, 0.25) is 0 Å². The molecule has 7 heteroatoms. The maximum absolute atomic E-state index is 14.0. The maximum atomic E-state index is 14.0. The molecule has 0 aliphatic carbocycles. The molecule has 0 aromatic heterocycles. The summed E-state index contributed by atoms with van der Waals surface area (Å²) in [4.78, 5) is 41.9. The van der Waals surface area contributed by atoms with Crippen LogP contribution >= 0.6 is 0 Å². The first-order valence-corrected chi connectivity index (χ1v) is 11.8. The number of amides is 1. The number of benzene rings is 2. The molecule has 3 rings (SSSR count). The molecule has 0 N–H and O–H groups in total. The first-order chi connectivity index (χ1) is 16.5. The molecule has 1 aliphatic heterocycles. The van der Waals surface area contributed by atoms with Gasteiger partial charge in [0.15, 0.2) is 5.54 Å². The van der Waals surface area contributed by atoms with Crippen molar-refractivity contribution in [1.82, 2.24) is 4.90 Å². The minimum atomic E-state index is -1.40. The third kappa shape index (κ3) is 5.19. The standard InChI is InChI=1S/C28H35NO6/c1-7-34-23(30)18-27(5)24(31)29(19-21-13-15-22(33-6)16-14-21)28(27,25(32)35-26(2,3)4)17-20-11-9-8-10-12-20/h8-16H,7,17-19H2,1-6H3/t27?,28-/m1/s1. The number of methoxy groups -OCH3 is 1. The highest BCUT2D eigenvalue weighted by Crippen LogP contribution is 2.54. The van der Waals surface area contributed by atoms with E-state index in [1.54, 1.807) is 46.6 Å². The summed E-state index contributed by atoms with van der Waals surface area (Å²) in [5.74, 6) is -0.649. The zero-order chi connectivity index (χ0) is 25.9. The van der Waals surface area contributed by atoms with Crippen LogP contribution in [0.4, 0.5) is 0 Å². The predicted molar refractivity (Wildman–Crippen MR) is 132 cm³/mol. The number of ether oxygens (including phenoxy) is 3. The smallest absolute Gasteiger partial charge is 0.334 e. The molecule has 1 aliphatic rings. The van der Waals surface area contributed by atoms with Gasteiger partial charge in [-0.1, -0.05) is 42.5 Å². The van der Waals surface area contributed by atoms with Gasteiger partial charge < -0.3 is 19.1 Å². The van der Waals surface area contributed by atoms with E-state index in [1.807, 2.05) is 54.6 Å². The molecule has 35 heavy (non-hydrogen) atoms. The Kier molecular flexibility index (Phi) is 7.58. The van der Waals surface area contributed by atoms with Gasteiger partial charge in [-0.05, 0) is 57.9 Å². The summed E-state index contributed by atoms with van der Waals surface area (Å²) in [6.07, 6.45) is -0.00852. The predicted octanol–water partition coefficient (Wildman–Crippen LogP) is 4.32. The van der Waals surface area contributed by atoms with Gasteiger partial charge in [0.2, 0.25) is 5.91 Å². The van der Waals surface area contributed by atoms with E-state index >= 15 is 0 Å². The second-order valence-corrected chi connectivity index (χ2v) is 10.1. The number of esters is 2. The monoisotopic (exact) mass is 481 g/mol. The molecule has 2 atom stereocenters. The van der Waals surface area contributed by atoms with Crippen LogP contribution in [0.1, 0.15) is 52.2 Å². The molecular weight excluding hydrogens is 446 g/mol. The van der Waals surface area contributed by atoms with Crippen LogP contribution in [0, 0.1) is 5.41 Å². The van der Waals surface area contributed by atoms with E-state index in [4.69, 9.17) is 14.2 Å². The molecule has 0 spiro atoms. The molecule has 0 saturated carbocycles. The largest absolute Gasteiger partial charge is 0.497 e. The molecule has 1 saturated heterocycles. The lowest BCUT2D eigenvalue weighted by Crippen LogP contribution is -2.81. The van der Waals surface area contributed by atoms with Crippen LogP contribution in [0.3, 0.4) is 0 Å². The van der Waals surface area contributed by atoms with Crippen LogP contribution in [-0.2, 0) is 36.8 Å². The van der Waals surface area contributed by atoms with Gasteiger partial charge in [0, 0.05) is 13.0 Å². The molecule has 0 radical (unpaired) electrons. The molecule has 2 aromatic carbocycles. The van der Waals surface area contributed by atoms with E-state index in [-0.39, 0.29) is 31.9 Å². The minimum Gasteiger partial charge on any atom is -0.497 e. The van der Waals surface area contributed by atoms with Gasteiger partial charge >= 0.3 is 11.9 Å². The molecule has 1 amide bonds. The average Bonchev–Trinajstić information content (AvgIpc) is 2.81. The zero-order valence-corrected chi connectivity index (χ0v) is 21.4. The van der Waals surface area contributed by atoms with E-state index in [1.165, 1.54) is 0 Å². The molecule has 1 fully saturated rings. The molecular formula is C28H35NO6. The number of likely N-dealkylation sites (tertiary alicyclic amines) is 1. The number of rotatable bonds is 9. The van der Waals surface area contributed by atoms with Crippen LogP contribution in [0.25, 0.3) is 0 Å². The number of hydrogen-bond donors (Lipinski definition) is 0. The lowest BCUT2D eigenvalue weighted by Gasteiger charge is -2.62. The van der Waals surface area contributed by atoms with Gasteiger partial charge in [-0.15, -0.1) is 0 Å². The topological polar surface area (TPSA) is 82.1 Å². The summed E-state index contributed by atoms with van der Waals surface area (Å²) in [7, 11) is 1.59. The summed E-state index contributed by atoms with van der Waals surface area (Å²) in [5, 5.41) is 0. The van der Waals surface area contributed by atoms with Crippen molar-refractivity contribution < 1.29 is 28.6 Å². The van der Waals surface area contributed by atoms with Crippen LogP contribution in [-0.4, -0.2) is 47.6 Å². The highest BCUT2D eigenvalue weighted by Gasteiger charge is 2.73. The molecule has 188 valence electrons. The highest BCUT2D eigenvalue weighted by molar-refractivity contribution is 6.06. The van der Waals surface area contributed by atoms with E-state index in [2.05, 4.69) is 0 Å². The Morgan fingerprint density at radius 1 is 0.971 bits per heavy atom. The third-order valence-corrected chi connectivity index (χ3v) is 6.43. The average molecular weight is 482 g/mol. The maximum Gasteiger partial charge on any atom is 0.334 e. The first-order valence-electron chi connectivity index (χ1n) is 11.8. The Balaban J connectivity index is 2.12.